The fourth-order valence-corrected chi connectivity index (χ4v) is 2.54. The van der Waals surface area contributed by atoms with E-state index in [-0.39, 0.29) is 11.8 Å². The van der Waals surface area contributed by atoms with Crippen LogP contribution in [0.15, 0.2) is 30.6 Å². The van der Waals surface area contributed by atoms with Gasteiger partial charge in [0.15, 0.2) is 0 Å². The Morgan fingerprint density at radius 2 is 2.00 bits per heavy atom. The highest BCUT2D eigenvalue weighted by molar-refractivity contribution is 5.79. The number of aryl methyl sites for hydroxylation is 1. The molecule has 1 fully saturated rings. The van der Waals surface area contributed by atoms with Crippen LogP contribution in [0.4, 0.5) is 0 Å². The molecule has 4 nitrogen and oxygen atoms in total. The Morgan fingerprint density at radius 1 is 1.29 bits per heavy atom. The van der Waals surface area contributed by atoms with Crippen molar-refractivity contribution in [2.75, 3.05) is 0 Å². The van der Waals surface area contributed by atoms with E-state index in [1.165, 1.54) is 6.42 Å². The summed E-state index contributed by atoms with van der Waals surface area (Å²) in [5.74, 6) is 0.451. The maximum Gasteiger partial charge on any atom is 0.223 e. The number of benzene rings is 1. The van der Waals surface area contributed by atoms with Crippen LogP contribution in [0.3, 0.4) is 0 Å². The molecule has 3 rings (SSSR count). The molecule has 4 heteroatoms. The van der Waals surface area contributed by atoms with E-state index in [1.54, 1.807) is 0 Å². The number of imidazole rings is 1. The van der Waals surface area contributed by atoms with Crippen LogP contribution in [-0.2, 0) is 11.3 Å². The number of nitrogens with zero attached hydrogens (tertiary/aromatic N) is 2. The molecule has 21 heavy (non-hydrogen) atoms. The van der Waals surface area contributed by atoms with Gasteiger partial charge in [0.2, 0.25) is 5.91 Å². The molecule has 1 heterocycles. The van der Waals surface area contributed by atoms with Crippen molar-refractivity contribution in [2.24, 2.45) is 5.92 Å². The highest BCUT2D eigenvalue weighted by atomic mass is 16.1. The van der Waals surface area contributed by atoms with Gasteiger partial charge in [0.05, 0.1) is 12.0 Å². The molecule has 2 aromatic rings. The van der Waals surface area contributed by atoms with Crippen LogP contribution >= 0.6 is 0 Å². The molecule has 1 N–H and O–H groups in total. The van der Waals surface area contributed by atoms with Crippen molar-refractivity contribution in [3.05, 3.63) is 47.5 Å². The van der Waals surface area contributed by atoms with E-state index >= 15 is 0 Å². The Labute approximate surface area is 125 Å². The predicted molar refractivity (Wildman–Crippen MR) is 82.2 cm³/mol. The third-order valence-electron chi connectivity index (χ3n) is 4.41. The average molecular weight is 283 g/mol. The second-order valence-corrected chi connectivity index (χ2v) is 5.80. The lowest BCUT2D eigenvalue weighted by Crippen LogP contribution is -2.33. The first-order valence-electron chi connectivity index (χ1n) is 7.52. The van der Waals surface area contributed by atoms with Gasteiger partial charge in [0.1, 0.15) is 0 Å². The third kappa shape index (κ3) is 2.84. The maximum atomic E-state index is 11.8. The maximum absolute atomic E-state index is 11.8. The molecule has 0 radical (unpaired) electrons. The quantitative estimate of drug-likeness (QED) is 0.938. The van der Waals surface area contributed by atoms with E-state index in [1.807, 2.05) is 13.3 Å². The lowest BCUT2D eigenvalue weighted by atomic mass is 9.85. The van der Waals surface area contributed by atoms with Gasteiger partial charge in [0.25, 0.3) is 0 Å². The lowest BCUT2D eigenvalue weighted by Gasteiger charge is -2.24. The van der Waals surface area contributed by atoms with Crippen LogP contribution in [0.1, 0.15) is 36.2 Å². The Bertz CT molecular complexity index is 639. The van der Waals surface area contributed by atoms with Crippen molar-refractivity contribution in [3.63, 3.8) is 0 Å². The minimum atomic E-state index is 0.200. The highest BCUT2D eigenvalue weighted by Gasteiger charge is 2.24. The zero-order valence-corrected chi connectivity index (χ0v) is 12.6. The van der Waals surface area contributed by atoms with E-state index in [0.717, 1.165) is 35.5 Å². The first-order chi connectivity index (χ1) is 10.1. The SMILES string of the molecule is Cc1ncn(-c2ccc(CNC(=O)C3CCC3)cc2)c1C. The number of hydrogen-bond donors (Lipinski definition) is 1. The van der Waals surface area contributed by atoms with Crippen molar-refractivity contribution in [3.8, 4) is 5.69 Å². The van der Waals surface area contributed by atoms with Gasteiger partial charge in [-0.3, -0.25) is 4.79 Å². The Kier molecular flexibility index (Phi) is 3.78. The third-order valence-corrected chi connectivity index (χ3v) is 4.41. The van der Waals surface area contributed by atoms with Crippen LogP contribution in [0.5, 0.6) is 0 Å². The van der Waals surface area contributed by atoms with Crippen molar-refractivity contribution in [1.82, 2.24) is 14.9 Å². The van der Waals surface area contributed by atoms with Crippen molar-refractivity contribution >= 4 is 5.91 Å². The zero-order valence-electron chi connectivity index (χ0n) is 12.6. The van der Waals surface area contributed by atoms with Gasteiger partial charge < -0.3 is 9.88 Å². The molecule has 0 aliphatic heterocycles. The summed E-state index contributed by atoms with van der Waals surface area (Å²) in [6, 6.07) is 8.26. The van der Waals surface area contributed by atoms with Gasteiger partial charge in [-0.05, 0) is 44.4 Å². The Morgan fingerprint density at radius 3 is 2.52 bits per heavy atom. The first kappa shape index (κ1) is 13.9. The van der Waals surface area contributed by atoms with Crippen LogP contribution in [0, 0.1) is 19.8 Å². The fraction of sp³-hybridized carbons (Fsp3) is 0.412. The number of hydrogen-bond acceptors (Lipinski definition) is 2. The molecule has 0 spiro atoms. The van der Waals surface area contributed by atoms with Crippen molar-refractivity contribution in [1.29, 1.82) is 0 Å². The van der Waals surface area contributed by atoms with E-state index in [4.69, 9.17) is 0 Å². The van der Waals surface area contributed by atoms with Crippen LogP contribution in [-0.4, -0.2) is 15.5 Å². The molecule has 1 amide bonds. The number of nitrogens with one attached hydrogen (secondary N) is 1. The number of carbonyl (C=O) groups is 1. The number of amides is 1. The van der Waals surface area contributed by atoms with E-state index in [0.29, 0.717) is 6.54 Å². The van der Waals surface area contributed by atoms with Gasteiger partial charge in [-0.25, -0.2) is 4.98 Å². The summed E-state index contributed by atoms with van der Waals surface area (Å²) in [7, 11) is 0. The van der Waals surface area contributed by atoms with Gasteiger partial charge in [0, 0.05) is 23.8 Å². The van der Waals surface area contributed by atoms with Gasteiger partial charge in [-0.2, -0.15) is 0 Å². The average Bonchev–Trinajstić information content (AvgIpc) is 2.76. The first-order valence-corrected chi connectivity index (χ1v) is 7.52. The molecule has 1 aromatic heterocycles. The summed E-state index contributed by atoms with van der Waals surface area (Å²) in [5, 5.41) is 3.02. The van der Waals surface area contributed by atoms with E-state index in [2.05, 4.69) is 46.1 Å². The number of carbonyl (C=O) groups excluding carboxylic acids is 1. The summed E-state index contributed by atoms with van der Waals surface area (Å²) in [6.45, 7) is 4.68. The molecule has 1 saturated carbocycles. The van der Waals surface area contributed by atoms with Gasteiger partial charge in [-0.1, -0.05) is 18.6 Å². The number of aromatic nitrogens is 2. The van der Waals surface area contributed by atoms with Crippen LogP contribution in [0.25, 0.3) is 5.69 Å². The molecule has 0 saturated heterocycles. The van der Waals surface area contributed by atoms with E-state index < -0.39 is 0 Å². The van der Waals surface area contributed by atoms with Gasteiger partial charge in [-0.15, -0.1) is 0 Å². The van der Waals surface area contributed by atoms with Crippen molar-refractivity contribution in [2.45, 2.75) is 39.7 Å². The highest BCUT2D eigenvalue weighted by Crippen LogP contribution is 2.26. The largest absolute Gasteiger partial charge is 0.352 e. The summed E-state index contributed by atoms with van der Waals surface area (Å²) < 4.78 is 2.08. The summed E-state index contributed by atoms with van der Waals surface area (Å²) in [4.78, 5) is 16.1. The Balaban J connectivity index is 1.64. The molecule has 0 bridgehead atoms. The molecule has 1 aromatic carbocycles. The second kappa shape index (κ2) is 5.72. The topological polar surface area (TPSA) is 46.9 Å². The molecule has 0 unspecified atom stereocenters. The fourth-order valence-electron chi connectivity index (χ4n) is 2.54. The van der Waals surface area contributed by atoms with Crippen molar-refractivity contribution < 1.29 is 4.79 Å². The molecule has 1 aliphatic rings. The monoisotopic (exact) mass is 283 g/mol. The van der Waals surface area contributed by atoms with Crippen LogP contribution < -0.4 is 5.32 Å². The summed E-state index contributed by atoms with van der Waals surface area (Å²) >= 11 is 0. The molecule has 110 valence electrons. The van der Waals surface area contributed by atoms with Crippen LogP contribution in [0.2, 0.25) is 0 Å². The molecular weight excluding hydrogens is 262 g/mol. The molecule has 0 atom stereocenters. The second-order valence-electron chi connectivity index (χ2n) is 5.80. The zero-order chi connectivity index (χ0) is 14.8. The molecule has 1 aliphatic carbocycles. The van der Waals surface area contributed by atoms with E-state index in [9.17, 15) is 4.79 Å². The predicted octanol–water partition coefficient (Wildman–Crippen LogP) is 2.91. The lowest BCUT2D eigenvalue weighted by molar-refractivity contribution is -0.127. The molecular formula is C17H21N3O. The van der Waals surface area contributed by atoms with Gasteiger partial charge >= 0.3 is 0 Å². The normalized spacial score (nSPS) is 14.8. The number of rotatable bonds is 4. The summed E-state index contributed by atoms with van der Waals surface area (Å²) in [5.41, 5.74) is 4.43. The smallest absolute Gasteiger partial charge is 0.223 e. The minimum Gasteiger partial charge on any atom is -0.352 e. The Hall–Kier alpha value is -2.10. The summed E-state index contributed by atoms with van der Waals surface area (Å²) in [6.07, 6.45) is 5.13. The minimum absolute atomic E-state index is 0.200. The standard InChI is InChI=1S/C17H21N3O/c1-12-13(2)20(11-19-12)16-8-6-14(7-9-16)10-18-17(21)15-4-3-5-15/h6-9,11,15H,3-5,10H2,1-2H3,(H,18,21).